The zero-order chi connectivity index (χ0) is 21.6. The van der Waals surface area contributed by atoms with Gasteiger partial charge in [-0.15, -0.1) is 11.3 Å². The summed E-state index contributed by atoms with van der Waals surface area (Å²) >= 11 is 7.59. The first-order valence-electron chi connectivity index (χ1n) is 9.75. The van der Waals surface area contributed by atoms with Gasteiger partial charge in [-0.1, -0.05) is 35.0 Å². The number of hydrogen-bond donors (Lipinski definition) is 1. The molecular weight excluding hydrogens is 437 g/mol. The number of amides is 1. The highest BCUT2D eigenvalue weighted by molar-refractivity contribution is 7.10. The van der Waals surface area contributed by atoms with E-state index in [-0.39, 0.29) is 17.8 Å². The lowest BCUT2D eigenvalue weighted by Gasteiger charge is -2.18. The summed E-state index contributed by atoms with van der Waals surface area (Å²) < 4.78 is 18.3. The number of aromatic nitrogens is 2. The average Bonchev–Trinajstić information content (AvgIpc) is 3.46. The Morgan fingerprint density at radius 2 is 1.90 bits per heavy atom. The molecule has 0 spiro atoms. The number of carbonyl (C=O) groups excluding carboxylic acids is 1. The molecule has 1 unspecified atom stereocenters. The maximum absolute atomic E-state index is 13.0. The van der Waals surface area contributed by atoms with Gasteiger partial charge in [0.2, 0.25) is 17.6 Å². The number of benzene rings is 2. The molecule has 8 heteroatoms. The lowest BCUT2D eigenvalue weighted by atomic mass is 10.0. The summed E-state index contributed by atoms with van der Waals surface area (Å²) in [5, 5.41) is 9.67. The number of halogens is 2. The highest BCUT2D eigenvalue weighted by Gasteiger charge is 2.18. The van der Waals surface area contributed by atoms with Crippen molar-refractivity contribution in [2.24, 2.45) is 0 Å². The fourth-order valence-corrected chi connectivity index (χ4v) is 4.06. The molecule has 0 bridgehead atoms. The molecule has 1 atom stereocenters. The van der Waals surface area contributed by atoms with Gasteiger partial charge >= 0.3 is 0 Å². The van der Waals surface area contributed by atoms with Gasteiger partial charge in [-0.25, -0.2) is 4.39 Å². The molecule has 1 N–H and O–H groups in total. The fourth-order valence-electron chi connectivity index (χ4n) is 3.14. The Balaban J connectivity index is 1.34. The van der Waals surface area contributed by atoms with Crippen LogP contribution in [0.2, 0.25) is 5.02 Å². The van der Waals surface area contributed by atoms with E-state index >= 15 is 0 Å². The van der Waals surface area contributed by atoms with E-state index < -0.39 is 0 Å². The molecule has 5 nitrogen and oxygen atoms in total. The van der Waals surface area contributed by atoms with Crippen molar-refractivity contribution in [3.05, 3.63) is 93.2 Å². The first-order valence-corrected chi connectivity index (χ1v) is 11.0. The van der Waals surface area contributed by atoms with Crippen molar-refractivity contribution >= 4 is 28.8 Å². The minimum Gasteiger partial charge on any atom is -0.344 e. The number of aryl methyl sites for hydroxylation is 1. The summed E-state index contributed by atoms with van der Waals surface area (Å²) in [5.41, 5.74) is 1.65. The summed E-state index contributed by atoms with van der Waals surface area (Å²) in [5.74, 6) is 0.462. The van der Waals surface area contributed by atoms with Crippen molar-refractivity contribution in [3.63, 3.8) is 0 Å². The molecular formula is C23H19ClFN3O2S. The molecule has 0 radical (unpaired) electrons. The topological polar surface area (TPSA) is 68.0 Å². The monoisotopic (exact) mass is 455 g/mol. The Morgan fingerprint density at radius 1 is 1.13 bits per heavy atom. The Kier molecular flexibility index (Phi) is 6.74. The zero-order valence-corrected chi connectivity index (χ0v) is 18.0. The molecule has 2 aromatic heterocycles. The van der Waals surface area contributed by atoms with Crippen molar-refractivity contribution in [3.8, 4) is 11.4 Å². The molecule has 31 heavy (non-hydrogen) atoms. The second-order valence-corrected chi connectivity index (χ2v) is 8.36. The van der Waals surface area contributed by atoms with Crippen LogP contribution in [0.1, 0.15) is 35.2 Å². The van der Waals surface area contributed by atoms with Crippen LogP contribution in [0.5, 0.6) is 0 Å². The van der Waals surface area contributed by atoms with Crippen molar-refractivity contribution in [1.29, 1.82) is 0 Å². The van der Waals surface area contributed by atoms with Gasteiger partial charge in [0, 0.05) is 28.3 Å². The molecule has 2 heterocycles. The van der Waals surface area contributed by atoms with Crippen LogP contribution in [0, 0.1) is 5.82 Å². The SMILES string of the molecule is O=C(CCCc1nc(-c2ccc(F)cc2)no1)NC(c1ccc(Cl)cc1)c1cccs1. The van der Waals surface area contributed by atoms with Crippen LogP contribution in [-0.4, -0.2) is 16.0 Å². The second kappa shape index (κ2) is 9.85. The van der Waals surface area contributed by atoms with Gasteiger partial charge in [-0.2, -0.15) is 4.98 Å². The van der Waals surface area contributed by atoms with Gasteiger partial charge in [0.05, 0.1) is 6.04 Å². The van der Waals surface area contributed by atoms with Crippen LogP contribution in [0.4, 0.5) is 4.39 Å². The fraction of sp³-hybridized carbons (Fsp3) is 0.174. The van der Waals surface area contributed by atoms with Gasteiger partial charge in [0.15, 0.2) is 0 Å². The predicted octanol–water partition coefficient (Wildman–Crippen LogP) is 5.82. The first kappa shape index (κ1) is 21.2. The van der Waals surface area contributed by atoms with E-state index in [1.54, 1.807) is 23.5 Å². The molecule has 2 aromatic carbocycles. The minimum absolute atomic E-state index is 0.0633. The lowest BCUT2D eigenvalue weighted by molar-refractivity contribution is -0.121. The maximum Gasteiger partial charge on any atom is 0.226 e. The maximum atomic E-state index is 13.0. The van der Waals surface area contributed by atoms with Gasteiger partial charge < -0.3 is 9.84 Å². The molecule has 1 amide bonds. The zero-order valence-electron chi connectivity index (χ0n) is 16.4. The molecule has 4 rings (SSSR count). The third kappa shape index (κ3) is 5.57. The molecule has 4 aromatic rings. The standard InChI is InChI=1S/C23H19ClFN3O2S/c24-17-10-6-15(7-11-17)22(19-3-2-14-31-19)26-20(29)4-1-5-21-27-23(28-30-21)16-8-12-18(25)13-9-16/h2-3,6-14,22H,1,4-5H2,(H,26,29). The summed E-state index contributed by atoms with van der Waals surface area (Å²) in [6.07, 6.45) is 1.37. The number of thiophene rings is 1. The Hall–Kier alpha value is -3.03. The molecule has 158 valence electrons. The highest BCUT2D eigenvalue weighted by atomic mass is 35.5. The molecule has 0 saturated carbocycles. The van der Waals surface area contributed by atoms with Crippen LogP contribution in [0.3, 0.4) is 0 Å². The Bertz CT molecular complexity index is 1130. The van der Waals surface area contributed by atoms with Crippen molar-refractivity contribution in [2.75, 3.05) is 0 Å². The van der Waals surface area contributed by atoms with Gasteiger partial charge in [0.25, 0.3) is 0 Å². The summed E-state index contributed by atoms with van der Waals surface area (Å²) in [6, 6.07) is 17.1. The van der Waals surface area contributed by atoms with Crippen LogP contribution in [-0.2, 0) is 11.2 Å². The van der Waals surface area contributed by atoms with Gasteiger partial charge in [-0.3, -0.25) is 4.79 Å². The number of rotatable bonds is 8. The first-order chi connectivity index (χ1) is 15.1. The van der Waals surface area contributed by atoms with Gasteiger partial charge in [0.1, 0.15) is 5.82 Å². The smallest absolute Gasteiger partial charge is 0.226 e. The van der Waals surface area contributed by atoms with E-state index in [0.29, 0.717) is 41.6 Å². The van der Waals surface area contributed by atoms with E-state index in [9.17, 15) is 9.18 Å². The van der Waals surface area contributed by atoms with E-state index in [4.69, 9.17) is 16.1 Å². The second-order valence-electron chi connectivity index (χ2n) is 6.94. The van der Waals surface area contributed by atoms with E-state index in [0.717, 1.165) is 10.4 Å². The van der Waals surface area contributed by atoms with Crippen molar-refractivity contribution in [1.82, 2.24) is 15.5 Å². The summed E-state index contributed by atoms with van der Waals surface area (Å²) in [4.78, 5) is 18.0. The average molecular weight is 456 g/mol. The summed E-state index contributed by atoms with van der Waals surface area (Å²) in [6.45, 7) is 0. The lowest BCUT2D eigenvalue weighted by Crippen LogP contribution is -2.28. The number of nitrogens with zero attached hydrogens (tertiary/aromatic N) is 2. The van der Waals surface area contributed by atoms with Crippen LogP contribution in [0.25, 0.3) is 11.4 Å². The normalized spacial score (nSPS) is 11.9. The number of nitrogens with one attached hydrogen (secondary N) is 1. The number of hydrogen-bond acceptors (Lipinski definition) is 5. The van der Waals surface area contributed by atoms with E-state index in [1.165, 1.54) is 12.1 Å². The largest absolute Gasteiger partial charge is 0.344 e. The third-order valence-electron chi connectivity index (χ3n) is 4.70. The van der Waals surface area contributed by atoms with Crippen LogP contribution in [0.15, 0.2) is 70.6 Å². The van der Waals surface area contributed by atoms with Crippen molar-refractivity contribution in [2.45, 2.75) is 25.3 Å². The highest BCUT2D eigenvalue weighted by Crippen LogP contribution is 2.27. The molecule has 0 aliphatic carbocycles. The number of carbonyl (C=O) groups is 1. The quantitative estimate of drug-likeness (QED) is 0.363. The van der Waals surface area contributed by atoms with Crippen LogP contribution >= 0.6 is 22.9 Å². The molecule has 0 aliphatic heterocycles. The summed E-state index contributed by atoms with van der Waals surface area (Å²) in [7, 11) is 0. The van der Waals surface area contributed by atoms with E-state index in [1.807, 2.05) is 41.8 Å². The molecule has 0 saturated heterocycles. The Morgan fingerprint density at radius 3 is 2.61 bits per heavy atom. The molecule has 0 aliphatic rings. The molecule has 0 fully saturated rings. The van der Waals surface area contributed by atoms with Crippen LogP contribution < -0.4 is 5.32 Å². The van der Waals surface area contributed by atoms with Gasteiger partial charge in [-0.05, 0) is 59.8 Å². The van der Waals surface area contributed by atoms with Crippen molar-refractivity contribution < 1.29 is 13.7 Å². The van der Waals surface area contributed by atoms with E-state index in [2.05, 4.69) is 15.5 Å². The predicted molar refractivity (Wildman–Crippen MR) is 118 cm³/mol. The minimum atomic E-state index is -0.321. The Labute approximate surface area is 187 Å². The third-order valence-corrected chi connectivity index (χ3v) is 5.89.